The van der Waals surface area contributed by atoms with Gasteiger partial charge in [-0.3, -0.25) is 9.48 Å². The third-order valence-corrected chi connectivity index (χ3v) is 4.15. The Hall–Kier alpha value is -2.30. The number of aryl methyl sites for hydroxylation is 2. The van der Waals surface area contributed by atoms with Crippen molar-refractivity contribution in [3.63, 3.8) is 0 Å². The maximum atomic E-state index is 12.7. The molecule has 116 valence electrons. The summed E-state index contributed by atoms with van der Waals surface area (Å²) in [6.07, 6.45) is 0.873. The lowest BCUT2D eigenvalue weighted by molar-refractivity contribution is 0.0730. The Kier molecular flexibility index (Phi) is 3.88. The number of nitrogens with zero attached hydrogens (tertiary/aromatic N) is 3. The topological polar surface area (TPSA) is 47.4 Å². The van der Waals surface area contributed by atoms with Crippen molar-refractivity contribution < 1.29 is 9.53 Å². The fourth-order valence-electron chi connectivity index (χ4n) is 3.00. The first kappa shape index (κ1) is 14.6. The maximum Gasteiger partial charge on any atom is 0.254 e. The molecular weight excluding hydrogens is 278 g/mol. The largest absolute Gasteiger partial charge is 0.494 e. The summed E-state index contributed by atoms with van der Waals surface area (Å²) >= 11 is 0. The molecule has 2 heterocycles. The van der Waals surface area contributed by atoms with Crippen LogP contribution in [-0.4, -0.2) is 33.7 Å². The Bertz CT molecular complexity index is 689. The van der Waals surface area contributed by atoms with Crippen LogP contribution in [0.4, 0.5) is 0 Å². The quantitative estimate of drug-likeness (QED) is 0.874. The first-order valence-corrected chi connectivity index (χ1v) is 7.63. The summed E-state index contributed by atoms with van der Waals surface area (Å²) in [6.45, 7) is 5.97. The van der Waals surface area contributed by atoms with Gasteiger partial charge >= 0.3 is 0 Å². The van der Waals surface area contributed by atoms with Crippen molar-refractivity contribution in [2.75, 3.05) is 13.2 Å². The molecule has 1 aromatic heterocycles. The van der Waals surface area contributed by atoms with Gasteiger partial charge in [-0.2, -0.15) is 5.10 Å². The molecule has 0 spiro atoms. The van der Waals surface area contributed by atoms with Gasteiger partial charge in [-0.25, -0.2) is 0 Å². The summed E-state index contributed by atoms with van der Waals surface area (Å²) in [6, 6.07) is 7.36. The lowest BCUT2D eigenvalue weighted by Crippen LogP contribution is -2.36. The van der Waals surface area contributed by atoms with Crippen molar-refractivity contribution in [2.24, 2.45) is 7.05 Å². The lowest BCUT2D eigenvalue weighted by atomic mass is 10.0. The van der Waals surface area contributed by atoms with E-state index in [0.29, 0.717) is 18.7 Å². The third kappa shape index (κ3) is 2.58. The summed E-state index contributed by atoms with van der Waals surface area (Å²) in [4.78, 5) is 14.5. The maximum absolute atomic E-state index is 12.7. The molecule has 22 heavy (non-hydrogen) atoms. The number of aromatic nitrogens is 2. The lowest BCUT2D eigenvalue weighted by Gasteiger charge is -2.27. The highest BCUT2D eigenvalue weighted by molar-refractivity contribution is 5.94. The van der Waals surface area contributed by atoms with Crippen LogP contribution in [0.15, 0.2) is 24.3 Å². The van der Waals surface area contributed by atoms with E-state index in [9.17, 15) is 4.79 Å². The van der Waals surface area contributed by atoms with E-state index >= 15 is 0 Å². The molecule has 0 unspecified atom stereocenters. The van der Waals surface area contributed by atoms with Crippen LogP contribution < -0.4 is 4.74 Å². The minimum Gasteiger partial charge on any atom is -0.494 e. The Morgan fingerprint density at radius 2 is 2.05 bits per heavy atom. The van der Waals surface area contributed by atoms with E-state index in [4.69, 9.17) is 4.74 Å². The van der Waals surface area contributed by atoms with Gasteiger partial charge < -0.3 is 9.64 Å². The van der Waals surface area contributed by atoms with Crippen molar-refractivity contribution in [3.05, 3.63) is 46.8 Å². The van der Waals surface area contributed by atoms with Gasteiger partial charge in [-0.05, 0) is 50.1 Å². The normalized spacial score (nSPS) is 13.9. The van der Waals surface area contributed by atoms with Gasteiger partial charge in [0.25, 0.3) is 5.91 Å². The summed E-state index contributed by atoms with van der Waals surface area (Å²) in [7, 11) is 1.94. The molecule has 0 aliphatic carbocycles. The molecule has 2 aromatic rings. The molecule has 0 bridgehead atoms. The summed E-state index contributed by atoms with van der Waals surface area (Å²) in [5.74, 6) is 0.856. The van der Waals surface area contributed by atoms with Crippen molar-refractivity contribution in [1.29, 1.82) is 0 Å². The van der Waals surface area contributed by atoms with Gasteiger partial charge in [0.1, 0.15) is 5.75 Å². The molecule has 5 nitrogen and oxygen atoms in total. The summed E-state index contributed by atoms with van der Waals surface area (Å²) in [5, 5.41) is 4.45. The molecule has 0 N–H and O–H groups in total. The summed E-state index contributed by atoms with van der Waals surface area (Å²) in [5.41, 5.74) is 4.21. The molecule has 1 aromatic carbocycles. The third-order valence-electron chi connectivity index (χ3n) is 4.15. The molecule has 0 radical (unpaired) electrons. The molecule has 1 aliphatic heterocycles. The average Bonchev–Trinajstić information content (AvgIpc) is 2.82. The van der Waals surface area contributed by atoms with Gasteiger partial charge in [0.05, 0.1) is 24.5 Å². The minimum absolute atomic E-state index is 0.0625. The van der Waals surface area contributed by atoms with Crippen LogP contribution >= 0.6 is 0 Å². The zero-order valence-corrected chi connectivity index (χ0v) is 13.3. The number of rotatable bonds is 3. The number of ether oxygens (including phenoxy) is 1. The van der Waals surface area contributed by atoms with Crippen LogP contribution in [0.3, 0.4) is 0 Å². The monoisotopic (exact) mass is 299 g/mol. The van der Waals surface area contributed by atoms with Gasteiger partial charge in [-0.1, -0.05) is 0 Å². The Balaban J connectivity index is 1.77. The highest BCUT2D eigenvalue weighted by Gasteiger charge is 2.25. The van der Waals surface area contributed by atoms with Crippen LogP contribution in [-0.2, 0) is 20.0 Å². The van der Waals surface area contributed by atoms with E-state index in [2.05, 4.69) is 5.10 Å². The van der Waals surface area contributed by atoms with E-state index < -0.39 is 0 Å². The van der Waals surface area contributed by atoms with Gasteiger partial charge in [-0.15, -0.1) is 0 Å². The number of amides is 1. The van der Waals surface area contributed by atoms with Crippen molar-refractivity contribution in [3.8, 4) is 5.75 Å². The SMILES string of the molecule is CCOc1ccc(C(=O)N2CCc3c(C)nn(C)c3C2)cc1. The predicted octanol–water partition coefficient (Wildman–Crippen LogP) is 2.33. The van der Waals surface area contributed by atoms with E-state index in [1.54, 1.807) is 0 Å². The molecule has 1 aliphatic rings. The van der Waals surface area contributed by atoms with E-state index in [1.165, 1.54) is 5.56 Å². The smallest absolute Gasteiger partial charge is 0.254 e. The molecule has 1 amide bonds. The fraction of sp³-hybridized carbons (Fsp3) is 0.412. The van der Waals surface area contributed by atoms with E-state index in [0.717, 1.165) is 30.1 Å². The predicted molar refractivity (Wildman–Crippen MR) is 84.0 cm³/mol. The molecule has 5 heteroatoms. The number of hydrogen-bond acceptors (Lipinski definition) is 3. The van der Waals surface area contributed by atoms with Gasteiger partial charge in [0, 0.05) is 19.2 Å². The average molecular weight is 299 g/mol. The highest BCUT2D eigenvalue weighted by Crippen LogP contribution is 2.23. The molecular formula is C17H21N3O2. The minimum atomic E-state index is 0.0625. The fourth-order valence-corrected chi connectivity index (χ4v) is 3.00. The number of hydrogen-bond donors (Lipinski definition) is 0. The van der Waals surface area contributed by atoms with Crippen LogP contribution in [0, 0.1) is 6.92 Å². The molecule has 0 saturated heterocycles. The highest BCUT2D eigenvalue weighted by atomic mass is 16.5. The van der Waals surface area contributed by atoms with Crippen LogP contribution in [0.1, 0.15) is 34.2 Å². The van der Waals surface area contributed by atoms with E-state index in [-0.39, 0.29) is 5.91 Å². The molecule has 0 atom stereocenters. The number of fused-ring (bicyclic) bond motifs is 1. The van der Waals surface area contributed by atoms with Crippen molar-refractivity contribution in [1.82, 2.24) is 14.7 Å². The van der Waals surface area contributed by atoms with Crippen LogP contribution in [0.2, 0.25) is 0 Å². The van der Waals surface area contributed by atoms with Crippen molar-refractivity contribution in [2.45, 2.75) is 26.8 Å². The Labute approximate surface area is 130 Å². The zero-order chi connectivity index (χ0) is 15.7. The van der Waals surface area contributed by atoms with Crippen LogP contribution in [0.5, 0.6) is 5.75 Å². The molecule has 0 saturated carbocycles. The second-order valence-corrected chi connectivity index (χ2v) is 5.57. The Morgan fingerprint density at radius 1 is 1.32 bits per heavy atom. The van der Waals surface area contributed by atoms with Gasteiger partial charge in [0.15, 0.2) is 0 Å². The van der Waals surface area contributed by atoms with E-state index in [1.807, 2.05) is 54.7 Å². The summed E-state index contributed by atoms with van der Waals surface area (Å²) < 4.78 is 7.31. The number of carbonyl (C=O) groups is 1. The van der Waals surface area contributed by atoms with Crippen LogP contribution in [0.25, 0.3) is 0 Å². The standard InChI is InChI=1S/C17H21N3O2/c1-4-22-14-7-5-13(6-8-14)17(21)20-10-9-15-12(2)18-19(3)16(15)11-20/h5-8H,4,9-11H2,1-3H3. The van der Waals surface area contributed by atoms with Crippen molar-refractivity contribution >= 4 is 5.91 Å². The first-order valence-electron chi connectivity index (χ1n) is 7.63. The Morgan fingerprint density at radius 3 is 2.73 bits per heavy atom. The zero-order valence-electron chi connectivity index (χ0n) is 13.3. The number of carbonyl (C=O) groups excluding carboxylic acids is 1. The second kappa shape index (κ2) is 5.83. The molecule has 3 rings (SSSR count). The molecule has 0 fully saturated rings. The second-order valence-electron chi connectivity index (χ2n) is 5.57. The first-order chi connectivity index (χ1) is 10.6. The number of benzene rings is 1. The van der Waals surface area contributed by atoms with Gasteiger partial charge in [0.2, 0.25) is 0 Å².